The zero-order valence-electron chi connectivity index (χ0n) is 38.6. The molecule has 6 nitrogen and oxygen atoms in total. The first-order valence-electron chi connectivity index (χ1n) is 25.0. The van der Waals surface area contributed by atoms with E-state index < -0.39 is 0 Å². The largest absolute Gasteiger partial charge is 0.507 e. The molecule has 0 radical (unpaired) electrons. The molecule has 0 amide bonds. The molecule has 2 aromatic carbocycles. The molecule has 336 valence electrons. The molecule has 0 heterocycles. The minimum absolute atomic E-state index is 0.0825. The Kier molecular flexibility index (Phi) is 33.5. The van der Waals surface area contributed by atoms with Gasteiger partial charge in [0.1, 0.15) is 23.0 Å². The lowest BCUT2D eigenvalue weighted by Crippen LogP contribution is -2.04. The second-order valence-corrected chi connectivity index (χ2v) is 17.4. The van der Waals surface area contributed by atoms with Gasteiger partial charge in [-0.2, -0.15) is 0 Å². The van der Waals surface area contributed by atoms with E-state index in [2.05, 4.69) is 23.8 Å². The molecule has 2 N–H and O–H groups in total. The molecule has 0 aliphatic carbocycles. The molecule has 0 saturated heterocycles. The highest BCUT2D eigenvalue weighted by Gasteiger charge is 2.05. The fraction of sp³-hybridized carbons (Fsp3) is 0.736. The number of phenolic OH excluding ortho intramolecular Hbond substituents is 2. The molecule has 0 aliphatic heterocycles. The van der Waals surface area contributed by atoms with Crippen LogP contribution in [0.1, 0.15) is 237 Å². The van der Waals surface area contributed by atoms with Gasteiger partial charge in [-0.3, -0.25) is 9.98 Å². The van der Waals surface area contributed by atoms with Crippen molar-refractivity contribution >= 4 is 12.4 Å². The predicted molar refractivity (Wildman–Crippen MR) is 256 cm³/mol. The second kappa shape index (κ2) is 37.9. The Morgan fingerprint density at radius 1 is 0.441 bits per heavy atom. The molecule has 2 rings (SSSR count). The van der Waals surface area contributed by atoms with Crippen molar-refractivity contribution in [2.24, 2.45) is 9.98 Å². The Bertz CT molecular complexity index is 1310. The van der Waals surface area contributed by atoms with Crippen LogP contribution in [-0.4, -0.2) is 48.4 Å². The van der Waals surface area contributed by atoms with E-state index in [1.807, 2.05) is 31.2 Å². The lowest BCUT2D eigenvalue weighted by Gasteiger charge is -2.09. The first kappa shape index (κ1) is 52.1. The van der Waals surface area contributed by atoms with Gasteiger partial charge in [-0.05, 0) is 44.0 Å². The lowest BCUT2D eigenvalue weighted by molar-refractivity contribution is 0.302. The van der Waals surface area contributed by atoms with Crippen LogP contribution in [0, 0.1) is 0 Å². The summed E-state index contributed by atoms with van der Waals surface area (Å²) >= 11 is 0. The molecule has 0 fully saturated rings. The third-order valence-electron chi connectivity index (χ3n) is 11.6. The Hall–Kier alpha value is -3.02. The van der Waals surface area contributed by atoms with Gasteiger partial charge in [-0.25, -0.2) is 0 Å². The summed E-state index contributed by atoms with van der Waals surface area (Å²) < 4.78 is 11.8. The topological polar surface area (TPSA) is 83.6 Å². The Balaban J connectivity index is 1.47. The van der Waals surface area contributed by atoms with Crippen LogP contribution in [0.5, 0.6) is 23.0 Å². The van der Waals surface area contributed by atoms with Crippen LogP contribution in [0.4, 0.5) is 0 Å². The van der Waals surface area contributed by atoms with Gasteiger partial charge < -0.3 is 19.7 Å². The fourth-order valence-corrected chi connectivity index (χ4v) is 7.68. The van der Waals surface area contributed by atoms with E-state index in [4.69, 9.17) is 9.47 Å². The highest BCUT2D eigenvalue weighted by molar-refractivity contribution is 5.84. The zero-order chi connectivity index (χ0) is 42.3. The van der Waals surface area contributed by atoms with Gasteiger partial charge in [0, 0.05) is 35.7 Å². The molecule has 0 aliphatic rings. The summed E-state index contributed by atoms with van der Waals surface area (Å²) in [6.07, 6.45) is 46.7. The number of unbranched alkanes of at least 4 members (excludes halogenated alkanes) is 30. The number of ether oxygens (including phenoxy) is 2. The third kappa shape index (κ3) is 29.8. The van der Waals surface area contributed by atoms with Gasteiger partial charge in [-0.1, -0.05) is 206 Å². The smallest absolute Gasteiger partial charge is 0.128 e. The normalized spacial score (nSPS) is 12.3. The number of nitrogens with zero attached hydrogens (tertiary/aromatic N) is 2. The van der Waals surface area contributed by atoms with Crippen LogP contribution in [0.2, 0.25) is 0 Å². The lowest BCUT2D eigenvalue weighted by atomic mass is 10.0. The summed E-state index contributed by atoms with van der Waals surface area (Å²) in [5.74, 6) is 1.71. The predicted octanol–water partition coefficient (Wildman–Crippen LogP) is 16.3. The minimum atomic E-state index is -0.0825. The average molecular weight is 819 g/mol. The SMILES string of the molecule is CCCCCCCCCCCCCCCCCCOc1ccc(C=NCC(C)N=Cc2ccc(OCCCCCCCCCCCCCCCCCC)cc2O)c(O)c1. The van der Waals surface area contributed by atoms with Crippen LogP contribution in [-0.2, 0) is 0 Å². The fourth-order valence-electron chi connectivity index (χ4n) is 7.68. The van der Waals surface area contributed by atoms with Crippen molar-refractivity contribution in [2.45, 2.75) is 232 Å². The first-order chi connectivity index (χ1) is 29.0. The molecule has 2 aromatic rings. The average Bonchev–Trinajstić information content (AvgIpc) is 3.23. The maximum absolute atomic E-state index is 10.6. The number of hydrogen-bond acceptors (Lipinski definition) is 6. The van der Waals surface area contributed by atoms with E-state index in [9.17, 15) is 10.2 Å². The Labute approximate surface area is 363 Å². The molecular formula is C53H90N2O4. The van der Waals surface area contributed by atoms with Crippen molar-refractivity contribution in [3.8, 4) is 23.0 Å². The highest BCUT2D eigenvalue weighted by Crippen LogP contribution is 2.25. The van der Waals surface area contributed by atoms with Gasteiger partial charge >= 0.3 is 0 Å². The molecule has 0 spiro atoms. The van der Waals surface area contributed by atoms with Crippen LogP contribution >= 0.6 is 0 Å². The van der Waals surface area contributed by atoms with E-state index >= 15 is 0 Å². The molecule has 59 heavy (non-hydrogen) atoms. The molecule has 0 bridgehead atoms. The minimum Gasteiger partial charge on any atom is -0.507 e. The number of benzene rings is 2. The number of hydrogen-bond donors (Lipinski definition) is 2. The first-order valence-corrected chi connectivity index (χ1v) is 25.0. The zero-order valence-corrected chi connectivity index (χ0v) is 38.6. The van der Waals surface area contributed by atoms with Crippen molar-refractivity contribution in [1.29, 1.82) is 0 Å². The van der Waals surface area contributed by atoms with E-state index in [1.54, 1.807) is 24.6 Å². The number of rotatable bonds is 41. The van der Waals surface area contributed by atoms with Crippen molar-refractivity contribution in [3.05, 3.63) is 47.5 Å². The third-order valence-corrected chi connectivity index (χ3v) is 11.6. The van der Waals surface area contributed by atoms with Gasteiger partial charge in [-0.15, -0.1) is 0 Å². The summed E-state index contributed by atoms with van der Waals surface area (Å²) in [4.78, 5) is 9.08. The van der Waals surface area contributed by atoms with Crippen LogP contribution in [0.15, 0.2) is 46.4 Å². The van der Waals surface area contributed by atoms with Crippen LogP contribution in [0.25, 0.3) is 0 Å². The maximum Gasteiger partial charge on any atom is 0.128 e. The summed E-state index contributed by atoms with van der Waals surface area (Å²) in [5, 5.41) is 21.1. The summed E-state index contributed by atoms with van der Waals surface area (Å²) in [6.45, 7) is 8.36. The number of aromatic hydroxyl groups is 2. The molecule has 0 aromatic heterocycles. The molecule has 1 atom stereocenters. The number of aliphatic imine (C=N–C) groups is 2. The van der Waals surface area contributed by atoms with E-state index in [-0.39, 0.29) is 17.5 Å². The second-order valence-electron chi connectivity index (χ2n) is 17.4. The summed E-state index contributed by atoms with van der Waals surface area (Å²) in [7, 11) is 0. The molecule has 0 saturated carbocycles. The van der Waals surface area contributed by atoms with Crippen molar-refractivity contribution in [3.63, 3.8) is 0 Å². The molecular weight excluding hydrogens is 729 g/mol. The summed E-state index contributed by atoms with van der Waals surface area (Å²) in [6, 6.07) is 10.7. The Morgan fingerprint density at radius 2 is 0.746 bits per heavy atom. The van der Waals surface area contributed by atoms with Crippen molar-refractivity contribution in [2.75, 3.05) is 19.8 Å². The van der Waals surface area contributed by atoms with Crippen LogP contribution < -0.4 is 9.47 Å². The van der Waals surface area contributed by atoms with Gasteiger partial charge in [0.15, 0.2) is 0 Å². The van der Waals surface area contributed by atoms with E-state index in [1.165, 1.54) is 193 Å². The number of phenols is 2. The van der Waals surface area contributed by atoms with Crippen LogP contribution in [0.3, 0.4) is 0 Å². The van der Waals surface area contributed by atoms with E-state index in [0.717, 1.165) is 12.8 Å². The van der Waals surface area contributed by atoms with Gasteiger partial charge in [0.25, 0.3) is 0 Å². The van der Waals surface area contributed by atoms with Gasteiger partial charge in [0.2, 0.25) is 0 Å². The summed E-state index contributed by atoms with van der Waals surface area (Å²) in [5.41, 5.74) is 1.31. The van der Waals surface area contributed by atoms with Crippen molar-refractivity contribution < 1.29 is 19.7 Å². The highest BCUT2D eigenvalue weighted by atomic mass is 16.5. The Morgan fingerprint density at radius 3 is 1.07 bits per heavy atom. The molecule has 1 unspecified atom stereocenters. The van der Waals surface area contributed by atoms with E-state index in [0.29, 0.717) is 42.4 Å². The van der Waals surface area contributed by atoms with Gasteiger partial charge in [0.05, 0.1) is 25.8 Å². The monoisotopic (exact) mass is 819 g/mol. The van der Waals surface area contributed by atoms with Crippen molar-refractivity contribution in [1.82, 2.24) is 0 Å². The molecule has 6 heteroatoms. The maximum atomic E-state index is 10.6. The standard InChI is InChI=1S/C53H90N2O4/c1-4-6-8-10-12-14-16-18-20-22-24-26-28-30-32-34-40-58-50-38-36-48(52(56)42-50)45-54-44-47(3)55-46-49-37-39-51(43-53(49)57)59-41-35-33-31-29-27-25-23-21-19-17-15-13-11-9-7-5-2/h36-39,42-43,45-47,56-57H,4-35,40-41,44H2,1-3H3. The quantitative estimate of drug-likeness (QED) is 0.0517.